The molecule has 10 heteroatoms. The Hall–Kier alpha value is -2.49. The molecule has 28 heavy (non-hydrogen) atoms. The van der Waals surface area contributed by atoms with Crippen molar-refractivity contribution in [2.24, 2.45) is 0 Å². The number of urea groups is 1. The monoisotopic (exact) mass is 399 g/mol. The van der Waals surface area contributed by atoms with E-state index < -0.39 is 29.8 Å². The normalized spacial score (nSPS) is 25.1. The second-order valence-corrected chi connectivity index (χ2v) is 7.14. The lowest BCUT2D eigenvalue weighted by Crippen LogP contribution is -2.48. The molecular formula is C18H20F3N3O4. The number of rotatable bonds is 0. The molecule has 0 saturated carbocycles. The van der Waals surface area contributed by atoms with Crippen LogP contribution >= 0.6 is 0 Å². The first kappa shape index (κ1) is 18.9. The van der Waals surface area contributed by atoms with Gasteiger partial charge in [0.15, 0.2) is 0 Å². The van der Waals surface area contributed by atoms with Crippen molar-refractivity contribution in [2.45, 2.75) is 18.3 Å². The van der Waals surface area contributed by atoms with Gasteiger partial charge in [0, 0.05) is 26.7 Å². The molecule has 3 aliphatic heterocycles. The Balaban J connectivity index is 1.57. The number of amides is 3. The molecule has 1 aromatic rings. The number of hydrogen-bond donors (Lipinski definition) is 0. The van der Waals surface area contributed by atoms with Crippen molar-refractivity contribution >= 4 is 11.9 Å². The van der Waals surface area contributed by atoms with Gasteiger partial charge in [-0.2, -0.15) is 13.2 Å². The molecule has 0 bridgehead atoms. The molecule has 0 N–H and O–H groups in total. The van der Waals surface area contributed by atoms with E-state index in [1.54, 1.807) is 9.80 Å². The van der Waals surface area contributed by atoms with E-state index in [-0.39, 0.29) is 30.4 Å². The van der Waals surface area contributed by atoms with Crippen molar-refractivity contribution in [1.82, 2.24) is 14.7 Å². The smallest absolute Gasteiger partial charge is 0.416 e. The van der Waals surface area contributed by atoms with Crippen LogP contribution < -0.4 is 4.74 Å². The minimum absolute atomic E-state index is 0.109. The summed E-state index contributed by atoms with van der Waals surface area (Å²) < 4.78 is 50.2. The van der Waals surface area contributed by atoms with Crippen LogP contribution in [0.3, 0.4) is 0 Å². The van der Waals surface area contributed by atoms with Crippen molar-refractivity contribution in [1.29, 1.82) is 0 Å². The van der Waals surface area contributed by atoms with Crippen LogP contribution in [0.5, 0.6) is 5.75 Å². The first-order valence-corrected chi connectivity index (χ1v) is 9.02. The molecule has 0 radical (unpaired) electrons. The summed E-state index contributed by atoms with van der Waals surface area (Å²) in [5.74, 6) is -0.438. The summed E-state index contributed by atoms with van der Waals surface area (Å²) >= 11 is 0. The van der Waals surface area contributed by atoms with Gasteiger partial charge in [-0.25, -0.2) is 4.79 Å². The summed E-state index contributed by atoms with van der Waals surface area (Å²) in [5.41, 5.74) is -1.01. The second-order valence-electron chi connectivity index (χ2n) is 7.14. The summed E-state index contributed by atoms with van der Waals surface area (Å²) in [6.07, 6.45) is -5.05. The first-order valence-electron chi connectivity index (χ1n) is 9.02. The van der Waals surface area contributed by atoms with E-state index in [2.05, 4.69) is 0 Å². The molecular weight excluding hydrogens is 379 g/mol. The molecule has 152 valence electrons. The molecule has 4 rings (SSSR count). The van der Waals surface area contributed by atoms with E-state index >= 15 is 0 Å². The maximum absolute atomic E-state index is 13.0. The highest BCUT2D eigenvalue weighted by Gasteiger charge is 2.45. The molecule has 7 nitrogen and oxygen atoms in total. The first-order chi connectivity index (χ1) is 13.3. The quantitative estimate of drug-likeness (QED) is 0.666. The highest BCUT2D eigenvalue weighted by Crippen LogP contribution is 2.36. The van der Waals surface area contributed by atoms with Gasteiger partial charge in [-0.3, -0.25) is 4.79 Å². The lowest BCUT2D eigenvalue weighted by Gasteiger charge is -2.31. The Morgan fingerprint density at radius 3 is 2.54 bits per heavy atom. The third-order valence-corrected chi connectivity index (χ3v) is 5.42. The maximum atomic E-state index is 13.0. The molecule has 2 fully saturated rings. The fourth-order valence-electron chi connectivity index (χ4n) is 3.84. The zero-order valence-electron chi connectivity index (χ0n) is 15.2. The van der Waals surface area contributed by atoms with Gasteiger partial charge in [0.05, 0.1) is 36.9 Å². The number of likely N-dealkylation sites (N-methyl/N-ethyl adjacent to an activating group) is 1. The maximum Gasteiger partial charge on any atom is 0.416 e. The molecule has 0 aromatic heterocycles. The van der Waals surface area contributed by atoms with Crippen LogP contribution in [0.4, 0.5) is 18.0 Å². The van der Waals surface area contributed by atoms with Crippen LogP contribution in [-0.2, 0) is 10.9 Å². The summed E-state index contributed by atoms with van der Waals surface area (Å²) in [4.78, 5) is 30.2. The van der Waals surface area contributed by atoms with Gasteiger partial charge in [0.25, 0.3) is 5.91 Å². The van der Waals surface area contributed by atoms with Gasteiger partial charge in [0.2, 0.25) is 0 Å². The van der Waals surface area contributed by atoms with Gasteiger partial charge >= 0.3 is 12.2 Å². The Morgan fingerprint density at radius 1 is 1.14 bits per heavy atom. The molecule has 2 unspecified atom stereocenters. The number of benzene rings is 1. The van der Waals surface area contributed by atoms with Crippen LogP contribution in [0.2, 0.25) is 0 Å². The van der Waals surface area contributed by atoms with Crippen LogP contribution in [0, 0.1) is 0 Å². The van der Waals surface area contributed by atoms with Gasteiger partial charge < -0.3 is 24.2 Å². The number of morpholine rings is 1. The van der Waals surface area contributed by atoms with Gasteiger partial charge in [-0.15, -0.1) is 0 Å². The van der Waals surface area contributed by atoms with Gasteiger partial charge in [-0.05, 0) is 18.2 Å². The average Bonchev–Trinajstić information content (AvgIpc) is 3.06. The van der Waals surface area contributed by atoms with E-state index in [1.165, 1.54) is 18.0 Å². The van der Waals surface area contributed by atoms with Crippen molar-refractivity contribution in [3.8, 4) is 5.75 Å². The molecule has 0 spiro atoms. The van der Waals surface area contributed by atoms with Crippen molar-refractivity contribution in [3.63, 3.8) is 0 Å². The molecule has 2 saturated heterocycles. The summed E-state index contributed by atoms with van der Waals surface area (Å²) in [7, 11) is 1.53. The van der Waals surface area contributed by atoms with Crippen LogP contribution in [0.1, 0.15) is 15.9 Å². The number of fused-ring (bicyclic) bond motifs is 2. The fraction of sp³-hybridized carbons (Fsp3) is 0.556. The predicted octanol–water partition coefficient (Wildman–Crippen LogP) is 1.67. The fourth-order valence-corrected chi connectivity index (χ4v) is 3.84. The number of carbonyl (C=O) groups is 2. The summed E-state index contributed by atoms with van der Waals surface area (Å²) in [5, 5.41) is 0. The van der Waals surface area contributed by atoms with Crippen molar-refractivity contribution < 1.29 is 32.2 Å². The van der Waals surface area contributed by atoms with Crippen molar-refractivity contribution in [2.75, 3.05) is 46.4 Å². The number of ether oxygens (including phenoxy) is 2. The molecule has 3 aliphatic rings. The molecule has 2 atom stereocenters. The second kappa shape index (κ2) is 6.84. The highest BCUT2D eigenvalue weighted by atomic mass is 19.4. The standard InChI is InChI=1S/C18H20F3N3O4/c1-22-13-9-24(17(26)23-4-6-27-7-5-23)10-15(13)28-14-3-2-11(18(19,20)21)8-12(14)16(22)25/h2-3,8,13,15H,4-7,9-10H2,1H3. The number of carbonyl (C=O) groups excluding carboxylic acids is 2. The lowest BCUT2D eigenvalue weighted by atomic mass is 10.1. The van der Waals surface area contributed by atoms with E-state index in [0.717, 1.165) is 12.1 Å². The minimum Gasteiger partial charge on any atom is -0.486 e. The van der Waals surface area contributed by atoms with E-state index in [9.17, 15) is 22.8 Å². The average molecular weight is 399 g/mol. The van der Waals surface area contributed by atoms with E-state index in [0.29, 0.717) is 26.3 Å². The van der Waals surface area contributed by atoms with Gasteiger partial charge in [-0.1, -0.05) is 0 Å². The molecule has 1 aromatic carbocycles. The van der Waals surface area contributed by atoms with Gasteiger partial charge in [0.1, 0.15) is 11.9 Å². The third kappa shape index (κ3) is 3.25. The van der Waals surface area contributed by atoms with Crippen LogP contribution in [-0.4, -0.2) is 85.2 Å². The number of halogens is 3. The van der Waals surface area contributed by atoms with Crippen molar-refractivity contribution in [3.05, 3.63) is 29.3 Å². The van der Waals surface area contributed by atoms with E-state index in [4.69, 9.17) is 9.47 Å². The number of alkyl halides is 3. The zero-order chi connectivity index (χ0) is 20.1. The Labute approximate surface area is 159 Å². The predicted molar refractivity (Wildman–Crippen MR) is 91.1 cm³/mol. The Kier molecular flexibility index (Phi) is 4.60. The van der Waals surface area contributed by atoms with Crippen LogP contribution in [0.25, 0.3) is 0 Å². The Bertz CT molecular complexity index is 795. The topological polar surface area (TPSA) is 62.3 Å². The SMILES string of the molecule is CN1C(=O)c2cc(C(F)(F)F)ccc2OC2CN(C(=O)N3CCOCC3)CC21. The molecule has 0 aliphatic carbocycles. The molecule has 3 heterocycles. The third-order valence-electron chi connectivity index (χ3n) is 5.42. The number of likely N-dealkylation sites (tertiary alicyclic amines) is 1. The molecule has 3 amide bonds. The lowest BCUT2D eigenvalue weighted by molar-refractivity contribution is -0.137. The highest BCUT2D eigenvalue weighted by molar-refractivity contribution is 5.97. The summed E-state index contributed by atoms with van der Waals surface area (Å²) in [6.45, 7) is 2.50. The van der Waals surface area contributed by atoms with E-state index in [1.807, 2.05) is 0 Å². The largest absolute Gasteiger partial charge is 0.486 e. The summed E-state index contributed by atoms with van der Waals surface area (Å²) in [6, 6.07) is 2.33. The Morgan fingerprint density at radius 2 is 1.86 bits per heavy atom. The minimum atomic E-state index is -4.54. The number of hydrogen-bond acceptors (Lipinski definition) is 4. The zero-order valence-corrected chi connectivity index (χ0v) is 15.2. The number of nitrogens with zero attached hydrogens (tertiary/aromatic N) is 3. The van der Waals surface area contributed by atoms with Crippen LogP contribution in [0.15, 0.2) is 18.2 Å².